The second-order valence-electron chi connectivity index (χ2n) is 5.94. The van der Waals surface area contributed by atoms with Gasteiger partial charge in [-0.25, -0.2) is 23.6 Å². The van der Waals surface area contributed by atoms with Gasteiger partial charge in [0, 0.05) is 0 Å². The van der Waals surface area contributed by atoms with E-state index in [1.807, 2.05) is 0 Å². The van der Waals surface area contributed by atoms with Crippen molar-refractivity contribution < 1.29 is 9.31 Å². The van der Waals surface area contributed by atoms with Crippen LogP contribution in [0.4, 0.5) is 10.2 Å². The van der Waals surface area contributed by atoms with Crippen molar-refractivity contribution in [1.29, 1.82) is 0 Å². The van der Waals surface area contributed by atoms with E-state index < -0.39 is 4.92 Å². The first-order chi connectivity index (χ1) is 13.6. The number of aromatic nitrogens is 8. The number of fused-ring (bicyclic) bond motifs is 3. The summed E-state index contributed by atoms with van der Waals surface area (Å²) in [5, 5.41) is 23.9. The molecule has 12 heteroatoms. The van der Waals surface area contributed by atoms with E-state index in [-0.39, 0.29) is 18.2 Å². The fourth-order valence-corrected chi connectivity index (χ4v) is 2.88. The smallest absolute Gasteiger partial charge is 0.358 e. The third-order valence-corrected chi connectivity index (χ3v) is 4.14. The molecule has 4 heterocycles. The Labute approximate surface area is 154 Å². The Hall–Kier alpha value is -4.22. The summed E-state index contributed by atoms with van der Waals surface area (Å²) in [4.78, 5) is 19.0. The average molecular weight is 379 g/mol. The van der Waals surface area contributed by atoms with Gasteiger partial charge < -0.3 is 10.1 Å². The van der Waals surface area contributed by atoms with Crippen LogP contribution in [0.25, 0.3) is 22.4 Å². The van der Waals surface area contributed by atoms with E-state index in [0.717, 1.165) is 0 Å². The molecule has 5 aromatic rings. The molecular weight excluding hydrogens is 369 g/mol. The molecule has 0 amide bonds. The molecule has 0 radical (unpaired) electrons. The van der Waals surface area contributed by atoms with Crippen LogP contribution in [0, 0.1) is 15.9 Å². The quantitative estimate of drug-likeness (QED) is 0.344. The molecular formula is C16H10FN9O2. The summed E-state index contributed by atoms with van der Waals surface area (Å²) in [6.07, 6.45) is 4.60. The standard InChI is InChI=1S/C16H10FN9O2/c17-10-1-3-11(4-2-10)25-15-12(7-19-25)16-20-13(21-24(16)9-18-15)8-23-6-5-14(22-23)26(27)28/h1-7,9H,8H2. The molecule has 0 aliphatic carbocycles. The molecule has 0 saturated carbocycles. The summed E-state index contributed by atoms with van der Waals surface area (Å²) in [6, 6.07) is 7.21. The summed E-state index contributed by atoms with van der Waals surface area (Å²) in [6.45, 7) is 0.170. The summed E-state index contributed by atoms with van der Waals surface area (Å²) >= 11 is 0. The molecule has 138 valence electrons. The highest BCUT2D eigenvalue weighted by molar-refractivity contribution is 5.89. The Kier molecular flexibility index (Phi) is 3.37. The lowest BCUT2D eigenvalue weighted by molar-refractivity contribution is -0.389. The Morgan fingerprint density at radius 1 is 1.11 bits per heavy atom. The highest BCUT2D eigenvalue weighted by atomic mass is 19.1. The van der Waals surface area contributed by atoms with Gasteiger partial charge in [-0.3, -0.25) is 0 Å². The lowest BCUT2D eigenvalue weighted by Crippen LogP contribution is -2.03. The van der Waals surface area contributed by atoms with Gasteiger partial charge in [0.25, 0.3) is 0 Å². The molecule has 0 atom stereocenters. The highest BCUT2D eigenvalue weighted by Crippen LogP contribution is 2.20. The Bertz CT molecular complexity index is 1340. The predicted molar refractivity (Wildman–Crippen MR) is 93.4 cm³/mol. The summed E-state index contributed by atoms with van der Waals surface area (Å²) in [7, 11) is 0. The number of rotatable bonds is 4. The molecule has 4 aromatic heterocycles. The lowest BCUT2D eigenvalue weighted by atomic mass is 10.3. The zero-order valence-corrected chi connectivity index (χ0v) is 14.0. The lowest BCUT2D eigenvalue weighted by Gasteiger charge is -2.02. The van der Waals surface area contributed by atoms with Crippen LogP contribution in [0.1, 0.15) is 5.82 Å². The number of benzene rings is 1. The molecule has 1 aromatic carbocycles. The van der Waals surface area contributed by atoms with Gasteiger partial charge in [-0.15, -0.1) is 5.10 Å². The van der Waals surface area contributed by atoms with Gasteiger partial charge in [-0.2, -0.15) is 9.78 Å². The highest BCUT2D eigenvalue weighted by Gasteiger charge is 2.16. The van der Waals surface area contributed by atoms with Gasteiger partial charge in [-0.1, -0.05) is 0 Å². The second-order valence-corrected chi connectivity index (χ2v) is 5.94. The third kappa shape index (κ3) is 2.55. The number of nitro groups is 1. The van der Waals surface area contributed by atoms with Crippen LogP contribution in [-0.4, -0.2) is 44.1 Å². The molecule has 0 bridgehead atoms. The van der Waals surface area contributed by atoms with E-state index in [1.54, 1.807) is 23.0 Å². The van der Waals surface area contributed by atoms with Crippen molar-refractivity contribution in [2.45, 2.75) is 6.54 Å². The number of hydrogen-bond acceptors (Lipinski definition) is 7. The second kappa shape index (κ2) is 5.90. The molecule has 0 saturated heterocycles. The number of halogens is 1. The van der Waals surface area contributed by atoms with E-state index in [1.165, 1.54) is 39.9 Å². The van der Waals surface area contributed by atoms with Gasteiger partial charge >= 0.3 is 5.82 Å². The molecule has 0 aliphatic heterocycles. The maximum atomic E-state index is 13.2. The zero-order valence-electron chi connectivity index (χ0n) is 14.0. The van der Waals surface area contributed by atoms with Crippen LogP contribution >= 0.6 is 0 Å². The van der Waals surface area contributed by atoms with Gasteiger partial charge in [0.15, 0.2) is 17.1 Å². The van der Waals surface area contributed by atoms with E-state index in [9.17, 15) is 14.5 Å². The van der Waals surface area contributed by atoms with Crippen molar-refractivity contribution in [3.05, 3.63) is 70.8 Å². The monoisotopic (exact) mass is 379 g/mol. The molecule has 0 spiro atoms. The first-order valence-corrected chi connectivity index (χ1v) is 8.10. The minimum absolute atomic E-state index is 0.170. The summed E-state index contributed by atoms with van der Waals surface area (Å²) < 4.78 is 17.6. The van der Waals surface area contributed by atoms with Gasteiger partial charge in [0.1, 0.15) is 18.7 Å². The van der Waals surface area contributed by atoms with Crippen molar-refractivity contribution >= 4 is 22.5 Å². The molecule has 5 rings (SSSR count). The first kappa shape index (κ1) is 16.0. The van der Waals surface area contributed by atoms with Gasteiger partial charge in [-0.05, 0) is 29.2 Å². The Morgan fingerprint density at radius 3 is 2.68 bits per heavy atom. The summed E-state index contributed by atoms with van der Waals surface area (Å²) in [5.41, 5.74) is 1.75. The van der Waals surface area contributed by atoms with E-state index >= 15 is 0 Å². The van der Waals surface area contributed by atoms with E-state index in [2.05, 4.69) is 25.3 Å². The van der Waals surface area contributed by atoms with Crippen LogP contribution in [-0.2, 0) is 6.54 Å². The van der Waals surface area contributed by atoms with Crippen LogP contribution in [0.3, 0.4) is 0 Å². The minimum atomic E-state index is -0.565. The third-order valence-electron chi connectivity index (χ3n) is 4.14. The SMILES string of the molecule is O=[N+]([O-])c1ccn(Cc2nc3c4cnn(-c5ccc(F)cc5)c4ncn3n2)n1. The predicted octanol–water partition coefficient (Wildman–Crippen LogP) is 1.76. The maximum absolute atomic E-state index is 13.2. The molecule has 0 fully saturated rings. The van der Waals surface area contributed by atoms with Crippen LogP contribution in [0.2, 0.25) is 0 Å². The van der Waals surface area contributed by atoms with Crippen molar-refractivity contribution in [3.8, 4) is 5.69 Å². The number of hydrogen-bond donors (Lipinski definition) is 0. The number of nitrogens with zero attached hydrogens (tertiary/aromatic N) is 9. The van der Waals surface area contributed by atoms with Gasteiger partial charge in [0.05, 0.1) is 34.6 Å². The van der Waals surface area contributed by atoms with E-state index in [4.69, 9.17) is 0 Å². The molecule has 11 nitrogen and oxygen atoms in total. The first-order valence-electron chi connectivity index (χ1n) is 8.10. The average Bonchev–Trinajstić information content (AvgIpc) is 3.39. The van der Waals surface area contributed by atoms with Crippen molar-refractivity contribution in [1.82, 2.24) is 39.1 Å². The molecule has 28 heavy (non-hydrogen) atoms. The fourth-order valence-electron chi connectivity index (χ4n) is 2.88. The molecule has 0 N–H and O–H groups in total. The Balaban J connectivity index is 1.55. The van der Waals surface area contributed by atoms with Crippen molar-refractivity contribution in [2.24, 2.45) is 0 Å². The van der Waals surface area contributed by atoms with E-state index in [0.29, 0.717) is 28.2 Å². The van der Waals surface area contributed by atoms with Crippen molar-refractivity contribution in [3.63, 3.8) is 0 Å². The molecule has 0 aliphatic rings. The maximum Gasteiger partial charge on any atom is 0.389 e. The largest absolute Gasteiger partial charge is 0.389 e. The summed E-state index contributed by atoms with van der Waals surface area (Å²) in [5.74, 6) is -0.160. The van der Waals surface area contributed by atoms with Gasteiger partial charge in [0.2, 0.25) is 0 Å². The van der Waals surface area contributed by atoms with Crippen LogP contribution < -0.4 is 0 Å². The fraction of sp³-hybridized carbons (Fsp3) is 0.0625. The topological polar surface area (TPSA) is 122 Å². The molecule has 0 unspecified atom stereocenters. The normalized spacial score (nSPS) is 11.5. The van der Waals surface area contributed by atoms with Crippen LogP contribution in [0.5, 0.6) is 0 Å². The Morgan fingerprint density at radius 2 is 1.93 bits per heavy atom. The van der Waals surface area contributed by atoms with Crippen molar-refractivity contribution in [2.75, 3.05) is 0 Å². The van der Waals surface area contributed by atoms with Crippen LogP contribution in [0.15, 0.2) is 49.1 Å². The zero-order chi connectivity index (χ0) is 19.3. The minimum Gasteiger partial charge on any atom is -0.358 e.